The monoisotopic (exact) mass is 254 g/mol. The largest absolute Gasteiger partial charge is 0.480 e. The first kappa shape index (κ1) is 13.3. The lowest BCUT2D eigenvalue weighted by Gasteiger charge is -2.34. The second-order valence-electron chi connectivity index (χ2n) is 5.57. The van der Waals surface area contributed by atoms with Crippen molar-refractivity contribution in [2.24, 2.45) is 5.92 Å². The van der Waals surface area contributed by atoms with Crippen molar-refractivity contribution in [3.05, 3.63) is 0 Å². The highest BCUT2D eigenvalue weighted by Crippen LogP contribution is 2.29. The number of hydrogen-bond donors (Lipinski definition) is 3. The highest BCUT2D eigenvalue weighted by atomic mass is 16.4. The van der Waals surface area contributed by atoms with E-state index >= 15 is 0 Å². The van der Waals surface area contributed by atoms with Crippen molar-refractivity contribution in [1.29, 1.82) is 0 Å². The van der Waals surface area contributed by atoms with Crippen molar-refractivity contribution < 1.29 is 14.7 Å². The van der Waals surface area contributed by atoms with Crippen LogP contribution in [-0.2, 0) is 9.59 Å². The Hall–Kier alpha value is -1.10. The maximum Gasteiger partial charge on any atom is 0.329 e. The summed E-state index contributed by atoms with van der Waals surface area (Å²) < 4.78 is 0. The molecule has 0 aromatic carbocycles. The van der Waals surface area contributed by atoms with E-state index in [1.165, 1.54) is 12.8 Å². The van der Waals surface area contributed by atoms with Crippen molar-refractivity contribution in [1.82, 2.24) is 10.6 Å². The second-order valence-corrected chi connectivity index (χ2v) is 5.57. The van der Waals surface area contributed by atoms with Crippen LogP contribution in [0.4, 0.5) is 0 Å². The van der Waals surface area contributed by atoms with Gasteiger partial charge in [0.05, 0.1) is 6.54 Å². The molecule has 0 radical (unpaired) electrons. The molecule has 2 fully saturated rings. The highest BCUT2D eigenvalue weighted by Gasteiger charge is 2.40. The zero-order chi connectivity index (χ0) is 13.0. The summed E-state index contributed by atoms with van der Waals surface area (Å²) in [4.78, 5) is 23.2. The molecular formula is C13H22N2O3. The van der Waals surface area contributed by atoms with Gasteiger partial charge in [-0.3, -0.25) is 4.79 Å². The number of aliphatic carboxylic acids is 1. The van der Waals surface area contributed by atoms with Gasteiger partial charge < -0.3 is 15.7 Å². The molecule has 102 valence electrons. The van der Waals surface area contributed by atoms with Gasteiger partial charge in [-0.2, -0.15) is 0 Å². The first-order valence-corrected chi connectivity index (χ1v) is 6.87. The molecule has 3 N–H and O–H groups in total. The minimum absolute atomic E-state index is 0.194. The minimum atomic E-state index is -1.02. The lowest BCUT2D eigenvalue weighted by molar-refractivity contribution is -0.149. The molecule has 0 unspecified atom stereocenters. The summed E-state index contributed by atoms with van der Waals surface area (Å²) in [5.41, 5.74) is -1.02. The van der Waals surface area contributed by atoms with Crippen LogP contribution in [0.3, 0.4) is 0 Å². The molecule has 2 saturated carbocycles. The van der Waals surface area contributed by atoms with E-state index in [9.17, 15) is 14.7 Å². The number of rotatable bonds is 6. The number of carbonyl (C=O) groups excluding carboxylic acids is 1. The zero-order valence-corrected chi connectivity index (χ0v) is 10.7. The molecule has 0 saturated heterocycles. The third-order valence-electron chi connectivity index (χ3n) is 3.91. The minimum Gasteiger partial charge on any atom is -0.480 e. The van der Waals surface area contributed by atoms with Crippen LogP contribution in [0.25, 0.3) is 0 Å². The molecule has 0 atom stereocenters. The first-order chi connectivity index (χ1) is 8.62. The maximum atomic E-state index is 11.8. The predicted molar refractivity (Wildman–Crippen MR) is 67.2 cm³/mol. The fourth-order valence-corrected chi connectivity index (χ4v) is 2.57. The number of carbonyl (C=O) groups is 2. The highest BCUT2D eigenvalue weighted by molar-refractivity contribution is 5.87. The quantitative estimate of drug-likeness (QED) is 0.658. The molecule has 0 aromatic rings. The predicted octanol–water partition coefficient (Wildman–Crippen LogP) is 0.890. The smallest absolute Gasteiger partial charge is 0.329 e. The molecule has 0 spiro atoms. The van der Waals surface area contributed by atoms with Crippen LogP contribution in [0.1, 0.15) is 44.9 Å². The van der Waals surface area contributed by atoms with Gasteiger partial charge in [-0.05, 0) is 38.1 Å². The Morgan fingerprint density at radius 3 is 2.39 bits per heavy atom. The number of nitrogens with one attached hydrogen (secondary N) is 2. The summed E-state index contributed by atoms with van der Waals surface area (Å²) in [5.74, 6) is -0.362. The fourth-order valence-electron chi connectivity index (χ4n) is 2.57. The molecule has 2 aliphatic carbocycles. The molecule has 5 nitrogen and oxygen atoms in total. The molecule has 0 aliphatic heterocycles. The van der Waals surface area contributed by atoms with Gasteiger partial charge in [-0.1, -0.05) is 19.3 Å². The van der Waals surface area contributed by atoms with Crippen LogP contribution in [0.15, 0.2) is 0 Å². The number of carboxylic acids is 1. The molecule has 18 heavy (non-hydrogen) atoms. The van der Waals surface area contributed by atoms with E-state index in [2.05, 4.69) is 10.6 Å². The Morgan fingerprint density at radius 1 is 1.17 bits per heavy atom. The standard InChI is InChI=1S/C13H22N2O3/c16-11(9-14-8-10-4-5-10)15-13(12(17)18)6-2-1-3-7-13/h10,14H,1-9H2,(H,15,16)(H,17,18). The molecule has 5 heteroatoms. The van der Waals surface area contributed by atoms with Gasteiger partial charge in [0, 0.05) is 0 Å². The van der Waals surface area contributed by atoms with Crippen molar-refractivity contribution in [2.45, 2.75) is 50.5 Å². The Morgan fingerprint density at radius 2 is 1.83 bits per heavy atom. The van der Waals surface area contributed by atoms with Gasteiger partial charge in [0.25, 0.3) is 0 Å². The summed E-state index contributed by atoms with van der Waals surface area (Å²) in [7, 11) is 0. The van der Waals surface area contributed by atoms with Crippen LogP contribution in [0.5, 0.6) is 0 Å². The first-order valence-electron chi connectivity index (χ1n) is 6.87. The Labute approximate surface area is 107 Å². The van der Waals surface area contributed by atoms with E-state index in [-0.39, 0.29) is 12.5 Å². The summed E-state index contributed by atoms with van der Waals surface area (Å²) in [6, 6.07) is 0. The molecular weight excluding hydrogens is 232 g/mol. The van der Waals surface area contributed by atoms with E-state index in [0.29, 0.717) is 12.8 Å². The van der Waals surface area contributed by atoms with Crippen LogP contribution in [-0.4, -0.2) is 35.6 Å². The van der Waals surface area contributed by atoms with E-state index < -0.39 is 11.5 Å². The lowest BCUT2D eigenvalue weighted by atomic mass is 9.81. The van der Waals surface area contributed by atoms with Gasteiger partial charge in [0.2, 0.25) is 5.91 Å². The van der Waals surface area contributed by atoms with Crippen molar-refractivity contribution in [3.8, 4) is 0 Å². The molecule has 0 aromatic heterocycles. The summed E-state index contributed by atoms with van der Waals surface area (Å²) in [6.45, 7) is 1.10. The van der Waals surface area contributed by atoms with E-state index in [4.69, 9.17) is 0 Å². The van der Waals surface area contributed by atoms with E-state index in [1.807, 2.05) is 0 Å². The average Bonchev–Trinajstić information content (AvgIpc) is 3.14. The van der Waals surface area contributed by atoms with Gasteiger partial charge in [0.15, 0.2) is 0 Å². The molecule has 0 heterocycles. The zero-order valence-electron chi connectivity index (χ0n) is 10.7. The Bertz CT molecular complexity index is 320. The van der Waals surface area contributed by atoms with E-state index in [1.54, 1.807) is 0 Å². The SMILES string of the molecule is O=C(CNCC1CC1)NC1(C(=O)O)CCCCC1. The maximum absolute atomic E-state index is 11.8. The van der Waals surface area contributed by atoms with Gasteiger partial charge in [-0.15, -0.1) is 0 Å². The Balaban J connectivity index is 1.79. The molecule has 2 aliphatic rings. The van der Waals surface area contributed by atoms with Crippen LogP contribution in [0, 0.1) is 5.92 Å². The normalized spacial score (nSPS) is 22.4. The summed E-state index contributed by atoms with van der Waals surface area (Å²) >= 11 is 0. The number of amides is 1. The van der Waals surface area contributed by atoms with Crippen LogP contribution in [0.2, 0.25) is 0 Å². The molecule has 0 bridgehead atoms. The van der Waals surface area contributed by atoms with Crippen molar-refractivity contribution in [3.63, 3.8) is 0 Å². The second kappa shape index (κ2) is 5.69. The van der Waals surface area contributed by atoms with Crippen molar-refractivity contribution in [2.75, 3.05) is 13.1 Å². The van der Waals surface area contributed by atoms with Crippen LogP contribution >= 0.6 is 0 Å². The van der Waals surface area contributed by atoms with Crippen molar-refractivity contribution >= 4 is 11.9 Å². The van der Waals surface area contributed by atoms with Crippen LogP contribution < -0.4 is 10.6 Å². The Kier molecular flexibility index (Phi) is 4.22. The average molecular weight is 254 g/mol. The third kappa shape index (κ3) is 3.45. The molecule has 1 amide bonds. The number of hydrogen-bond acceptors (Lipinski definition) is 3. The molecule has 2 rings (SSSR count). The summed E-state index contributed by atoms with van der Waals surface area (Å²) in [6.07, 6.45) is 6.41. The number of carboxylic acid groups (broad SMARTS) is 1. The van der Waals surface area contributed by atoms with E-state index in [0.717, 1.165) is 31.7 Å². The lowest BCUT2D eigenvalue weighted by Crippen LogP contribution is -2.57. The topological polar surface area (TPSA) is 78.4 Å². The fraction of sp³-hybridized carbons (Fsp3) is 0.846. The third-order valence-corrected chi connectivity index (χ3v) is 3.91. The van der Waals surface area contributed by atoms with Gasteiger partial charge in [-0.25, -0.2) is 4.79 Å². The van der Waals surface area contributed by atoms with Gasteiger partial charge >= 0.3 is 5.97 Å². The summed E-state index contributed by atoms with van der Waals surface area (Å²) in [5, 5.41) is 15.1. The van der Waals surface area contributed by atoms with Gasteiger partial charge in [0.1, 0.15) is 5.54 Å².